The standard InChI is InChI=1S/C16H16FN3/c1-13(16(12-18)19-2)4-5-14-6-8-15(9-7-14)20(3)11-10-17/h4-9H,10-11H2,1,3H3/i17-1. The molecular weight excluding hydrogens is 252 g/mol. The second-order valence-corrected chi connectivity index (χ2v) is 4.29. The number of nitriles is 1. The third-order valence-corrected chi connectivity index (χ3v) is 2.87. The van der Waals surface area contributed by atoms with Gasteiger partial charge in [0.1, 0.15) is 6.67 Å². The van der Waals surface area contributed by atoms with Crippen molar-refractivity contribution in [1.82, 2.24) is 0 Å². The molecule has 20 heavy (non-hydrogen) atoms. The molecule has 0 aliphatic rings. The van der Waals surface area contributed by atoms with E-state index in [2.05, 4.69) is 4.85 Å². The highest BCUT2D eigenvalue weighted by Crippen LogP contribution is 2.15. The first kappa shape index (κ1) is 15.5. The summed E-state index contributed by atoms with van der Waals surface area (Å²) >= 11 is 0. The van der Waals surface area contributed by atoms with Crippen LogP contribution in [0.3, 0.4) is 0 Å². The van der Waals surface area contributed by atoms with Gasteiger partial charge in [0.25, 0.3) is 5.70 Å². The minimum Gasteiger partial charge on any atom is -0.372 e. The van der Waals surface area contributed by atoms with Gasteiger partial charge in [-0.15, -0.1) is 0 Å². The summed E-state index contributed by atoms with van der Waals surface area (Å²) in [5, 5.41) is 8.75. The van der Waals surface area contributed by atoms with Crippen molar-refractivity contribution in [2.75, 3.05) is 25.2 Å². The molecule has 0 spiro atoms. The molecule has 0 heterocycles. The first-order valence-electron chi connectivity index (χ1n) is 6.16. The fourth-order valence-electron chi connectivity index (χ4n) is 1.60. The zero-order chi connectivity index (χ0) is 15.0. The molecule has 0 aliphatic heterocycles. The van der Waals surface area contributed by atoms with Gasteiger partial charge in [-0.3, -0.25) is 0 Å². The van der Waals surface area contributed by atoms with Crippen LogP contribution in [0, 0.1) is 17.9 Å². The van der Waals surface area contributed by atoms with Crippen molar-refractivity contribution in [3.63, 3.8) is 0 Å². The lowest BCUT2D eigenvalue weighted by Crippen LogP contribution is -2.19. The smallest absolute Gasteiger partial charge is 0.264 e. The molecule has 0 N–H and O–H groups in total. The monoisotopic (exact) mass is 268 g/mol. The molecule has 1 aromatic rings. The number of benzene rings is 1. The number of allylic oxidation sites excluding steroid dienone is 3. The second-order valence-electron chi connectivity index (χ2n) is 4.29. The summed E-state index contributed by atoms with van der Waals surface area (Å²) in [6, 6.07) is 9.51. The Morgan fingerprint density at radius 1 is 1.45 bits per heavy atom. The van der Waals surface area contributed by atoms with Gasteiger partial charge in [-0.1, -0.05) is 24.3 Å². The number of anilines is 1. The molecule has 0 radical (unpaired) electrons. The molecular formula is C16H16FN3. The zero-order valence-electron chi connectivity index (χ0n) is 11.6. The summed E-state index contributed by atoms with van der Waals surface area (Å²) in [4.78, 5) is 4.99. The highest BCUT2D eigenvalue weighted by Gasteiger charge is 2.00. The lowest BCUT2D eigenvalue weighted by Gasteiger charge is -2.17. The van der Waals surface area contributed by atoms with Crippen molar-refractivity contribution in [1.29, 1.82) is 5.26 Å². The highest BCUT2D eigenvalue weighted by molar-refractivity contribution is 5.58. The maximum absolute atomic E-state index is 12.3. The fourth-order valence-corrected chi connectivity index (χ4v) is 1.60. The van der Waals surface area contributed by atoms with Crippen LogP contribution in [0.5, 0.6) is 0 Å². The van der Waals surface area contributed by atoms with E-state index in [4.69, 9.17) is 11.8 Å². The van der Waals surface area contributed by atoms with Gasteiger partial charge >= 0.3 is 0 Å². The Morgan fingerprint density at radius 3 is 2.60 bits per heavy atom. The number of alkyl halides is 1. The fraction of sp³-hybridized carbons (Fsp3) is 0.250. The van der Waals surface area contributed by atoms with Crippen molar-refractivity contribution < 1.29 is 4.39 Å². The highest BCUT2D eigenvalue weighted by atomic mass is 18.2. The van der Waals surface area contributed by atoms with Crippen LogP contribution in [0.4, 0.5) is 10.1 Å². The molecule has 0 aromatic heterocycles. The van der Waals surface area contributed by atoms with E-state index in [1.54, 1.807) is 13.0 Å². The molecule has 4 heteroatoms. The number of halogens is 1. The van der Waals surface area contributed by atoms with E-state index < -0.39 is 0 Å². The predicted molar refractivity (Wildman–Crippen MR) is 79.6 cm³/mol. The van der Waals surface area contributed by atoms with Gasteiger partial charge < -0.3 is 4.90 Å². The Balaban J connectivity index is 2.84. The summed E-state index contributed by atoms with van der Waals surface area (Å²) in [5.41, 5.74) is 2.65. The van der Waals surface area contributed by atoms with Crippen molar-refractivity contribution in [2.24, 2.45) is 0 Å². The summed E-state index contributed by atoms with van der Waals surface area (Å²) in [5.74, 6) is 0. The average molecular weight is 268 g/mol. The van der Waals surface area contributed by atoms with Gasteiger partial charge in [-0.05, 0) is 30.2 Å². The molecule has 0 unspecified atom stereocenters. The third kappa shape index (κ3) is 4.26. The third-order valence-electron chi connectivity index (χ3n) is 2.87. The van der Waals surface area contributed by atoms with E-state index in [-0.39, 0.29) is 12.4 Å². The Labute approximate surface area is 119 Å². The van der Waals surface area contributed by atoms with Crippen LogP contribution in [-0.4, -0.2) is 20.3 Å². The van der Waals surface area contributed by atoms with Crippen LogP contribution < -0.4 is 4.90 Å². The molecule has 0 amide bonds. The minimum atomic E-state index is -0.379. The number of hydrogen-bond acceptors (Lipinski definition) is 2. The summed E-state index contributed by atoms with van der Waals surface area (Å²) in [6.07, 6.45) is 3.59. The van der Waals surface area contributed by atoms with Crippen molar-refractivity contribution in [3.05, 3.63) is 58.6 Å². The quantitative estimate of drug-likeness (QED) is 0.462. The first-order valence-corrected chi connectivity index (χ1v) is 6.16. The molecule has 0 fully saturated rings. The molecule has 0 saturated heterocycles. The lowest BCUT2D eigenvalue weighted by atomic mass is 10.1. The Kier molecular flexibility index (Phi) is 6.00. The van der Waals surface area contributed by atoms with E-state index in [1.165, 1.54) is 0 Å². The summed E-state index contributed by atoms with van der Waals surface area (Å²) < 4.78 is 12.3. The van der Waals surface area contributed by atoms with Crippen LogP contribution in [0.2, 0.25) is 0 Å². The molecule has 102 valence electrons. The predicted octanol–water partition coefficient (Wildman–Crippen LogP) is 3.82. The molecule has 1 rings (SSSR count). The topological polar surface area (TPSA) is 31.4 Å². The van der Waals surface area contributed by atoms with Gasteiger partial charge in [-0.2, -0.15) is 0 Å². The molecule has 1 aromatic carbocycles. The summed E-state index contributed by atoms with van der Waals surface area (Å²) in [6.45, 7) is 8.58. The maximum atomic E-state index is 12.3. The van der Waals surface area contributed by atoms with Crippen LogP contribution >= 0.6 is 0 Å². The van der Waals surface area contributed by atoms with Crippen molar-refractivity contribution in [3.8, 4) is 6.07 Å². The Hall–Kier alpha value is -2.59. The van der Waals surface area contributed by atoms with Crippen LogP contribution in [-0.2, 0) is 0 Å². The van der Waals surface area contributed by atoms with Crippen LogP contribution in [0.1, 0.15) is 12.5 Å². The van der Waals surface area contributed by atoms with Gasteiger partial charge in [-0.25, -0.2) is 14.5 Å². The lowest BCUT2D eigenvalue weighted by molar-refractivity contribution is 0.497. The number of rotatable bonds is 5. The average Bonchev–Trinajstić information content (AvgIpc) is 2.47. The molecule has 0 atom stereocenters. The normalized spacial score (nSPS) is 11.7. The SMILES string of the molecule is [C-]#[N+]C(C#N)=C(C)C=Cc1ccc(N(C)CC[18F])cc1. The van der Waals surface area contributed by atoms with Crippen LogP contribution in [0.25, 0.3) is 10.9 Å². The van der Waals surface area contributed by atoms with Crippen molar-refractivity contribution >= 4 is 11.8 Å². The molecule has 3 nitrogen and oxygen atoms in total. The summed E-state index contributed by atoms with van der Waals surface area (Å²) in [7, 11) is 1.84. The van der Waals surface area contributed by atoms with Crippen molar-refractivity contribution in [2.45, 2.75) is 6.92 Å². The Morgan fingerprint density at radius 2 is 2.10 bits per heavy atom. The van der Waals surface area contributed by atoms with Gasteiger partial charge in [0.05, 0.1) is 12.6 Å². The van der Waals surface area contributed by atoms with E-state index >= 15 is 0 Å². The number of hydrogen-bond donors (Lipinski definition) is 0. The largest absolute Gasteiger partial charge is 0.372 e. The zero-order valence-corrected chi connectivity index (χ0v) is 11.6. The van der Waals surface area contributed by atoms with Gasteiger partial charge in [0, 0.05) is 19.3 Å². The van der Waals surface area contributed by atoms with E-state index in [9.17, 15) is 4.39 Å². The molecule has 0 saturated carbocycles. The minimum absolute atomic E-state index is 0.0977. The van der Waals surface area contributed by atoms with Crippen LogP contribution in [0.15, 0.2) is 41.6 Å². The van der Waals surface area contributed by atoms with E-state index in [1.807, 2.05) is 48.4 Å². The van der Waals surface area contributed by atoms with E-state index in [0.29, 0.717) is 12.1 Å². The Bertz CT molecular complexity index is 570. The molecule has 0 bridgehead atoms. The van der Waals surface area contributed by atoms with Gasteiger partial charge in [0.15, 0.2) is 0 Å². The van der Waals surface area contributed by atoms with E-state index in [0.717, 1.165) is 11.3 Å². The first-order chi connectivity index (χ1) is 9.62. The van der Waals surface area contributed by atoms with Gasteiger partial charge in [0.2, 0.25) is 0 Å². The maximum Gasteiger partial charge on any atom is 0.264 e. The number of nitrogens with zero attached hydrogens (tertiary/aromatic N) is 3. The second kappa shape index (κ2) is 7.76. The molecule has 0 aliphatic carbocycles.